The molecule has 0 saturated heterocycles. The molecular weight excluding hydrogens is 184 g/mol. The van der Waals surface area contributed by atoms with Crippen molar-refractivity contribution in [1.82, 2.24) is 19.5 Å². The van der Waals surface area contributed by atoms with Gasteiger partial charge in [-0.15, -0.1) is 0 Å². The second-order valence-electron chi connectivity index (χ2n) is 2.84. The highest BCUT2D eigenvalue weighted by Crippen LogP contribution is 2.13. The smallest absolute Gasteiger partial charge is 0.353 e. The van der Waals surface area contributed by atoms with Gasteiger partial charge in [0.2, 0.25) is 0 Å². The highest BCUT2D eigenvalue weighted by molar-refractivity contribution is 5.85. The predicted molar refractivity (Wildman–Crippen MR) is 47.7 cm³/mol. The summed E-state index contributed by atoms with van der Waals surface area (Å²) >= 11 is 0. The zero-order valence-electron chi connectivity index (χ0n) is 7.43. The average molecular weight is 192 g/mol. The van der Waals surface area contributed by atoms with Gasteiger partial charge >= 0.3 is 5.97 Å². The van der Waals surface area contributed by atoms with Crippen molar-refractivity contribution in [3.8, 4) is 11.5 Å². The minimum absolute atomic E-state index is 0.0706. The Morgan fingerprint density at radius 3 is 2.86 bits per heavy atom. The van der Waals surface area contributed by atoms with Gasteiger partial charge in [0.05, 0.1) is 18.7 Å². The molecule has 0 unspecified atom stereocenters. The zero-order valence-corrected chi connectivity index (χ0v) is 7.43. The average Bonchev–Trinajstić information content (AvgIpc) is 2.71. The number of aromatic carboxylic acids is 1. The Labute approximate surface area is 79.2 Å². The molecule has 0 aliphatic carbocycles. The van der Waals surface area contributed by atoms with E-state index in [4.69, 9.17) is 5.11 Å². The van der Waals surface area contributed by atoms with Crippen LogP contribution in [0.3, 0.4) is 0 Å². The molecule has 2 N–H and O–H groups in total. The number of nitrogens with one attached hydrogen (secondary N) is 1. The van der Waals surface area contributed by atoms with Gasteiger partial charge < -0.3 is 14.7 Å². The Balaban J connectivity index is 2.43. The van der Waals surface area contributed by atoms with Crippen LogP contribution in [0.2, 0.25) is 0 Å². The first-order chi connectivity index (χ1) is 6.68. The number of imidazole rings is 2. The van der Waals surface area contributed by atoms with Crippen molar-refractivity contribution in [3.63, 3.8) is 0 Å². The summed E-state index contributed by atoms with van der Waals surface area (Å²) in [4.78, 5) is 21.1. The highest BCUT2D eigenvalue weighted by Gasteiger charge is 2.10. The van der Waals surface area contributed by atoms with Crippen molar-refractivity contribution in [2.75, 3.05) is 0 Å². The van der Waals surface area contributed by atoms with Gasteiger partial charge in [0.15, 0.2) is 5.82 Å². The van der Waals surface area contributed by atoms with Gasteiger partial charge in [-0.1, -0.05) is 0 Å². The molecule has 0 saturated carbocycles. The third kappa shape index (κ3) is 1.26. The minimum Gasteiger partial charge on any atom is -0.477 e. The molecule has 2 aromatic heterocycles. The zero-order chi connectivity index (χ0) is 10.1. The van der Waals surface area contributed by atoms with Crippen molar-refractivity contribution in [2.45, 2.75) is 0 Å². The molecule has 6 nitrogen and oxygen atoms in total. The SMILES string of the molecule is Cn1cncc1-c1ncc(C(=O)O)[nH]1. The number of hydrogen-bond acceptors (Lipinski definition) is 3. The Bertz CT molecular complexity index is 471. The topological polar surface area (TPSA) is 83.8 Å². The van der Waals surface area contributed by atoms with E-state index >= 15 is 0 Å². The minimum atomic E-state index is -1.02. The van der Waals surface area contributed by atoms with Crippen molar-refractivity contribution < 1.29 is 9.90 Å². The molecule has 14 heavy (non-hydrogen) atoms. The fourth-order valence-electron chi connectivity index (χ4n) is 1.15. The van der Waals surface area contributed by atoms with Gasteiger partial charge in [0, 0.05) is 7.05 Å². The van der Waals surface area contributed by atoms with E-state index < -0.39 is 5.97 Å². The van der Waals surface area contributed by atoms with Crippen molar-refractivity contribution in [2.24, 2.45) is 7.05 Å². The number of H-pyrrole nitrogens is 1. The van der Waals surface area contributed by atoms with Gasteiger partial charge in [-0.05, 0) is 0 Å². The summed E-state index contributed by atoms with van der Waals surface area (Å²) in [5.74, 6) is -0.520. The van der Waals surface area contributed by atoms with Gasteiger partial charge in [-0.2, -0.15) is 0 Å². The number of aryl methyl sites for hydroxylation is 1. The monoisotopic (exact) mass is 192 g/mol. The number of carbonyl (C=O) groups is 1. The number of aromatic amines is 1. The standard InChI is InChI=1S/C8H8N4O2/c1-12-4-9-3-6(12)7-10-2-5(11-7)8(13)14/h2-4H,1H3,(H,10,11)(H,13,14). The maximum Gasteiger partial charge on any atom is 0.353 e. The van der Waals surface area contributed by atoms with Gasteiger partial charge in [0.1, 0.15) is 11.4 Å². The molecule has 0 bridgehead atoms. The van der Waals surface area contributed by atoms with Gasteiger partial charge in [0.25, 0.3) is 0 Å². The fraction of sp³-hybridized carbons (Fsp3) is 0.125. The lowest BCUT2D eigenvalue weighted by Gasteiger charge is -1.95. The van der Waals surface area contributed by atoms with E-state index in [0.717, 1.165) is 5.69 Å². The molecule has 72 valence electrons. The van der Waals surface area contributed by atoms with E-state index in [9.17, 15) is 4.79 Å². The first-order valence-corrected chi connectivity index (χ1v) is 3.93. The Morgan fingerprint density at radius 1 is 1.57 bits per heavy atom. The third-order valence-electron chi connectivity index (χ3n) is 1.87. The van der Waals surface area contributed by atoms with Crippen molar-refractivity contribution >= 4 is 5.97 Å². The molecule has 0 amide bonds. The lowest BCUT2D eigenvalue weighted by molar-refractivity contribution is 0.0691. The second-order valence-corrected chi connectivity index (χ2v) is 2.84. The summed E-state index contributed by atoms with van der Waals surface area (Å²) < 4.78 is 1.75. The molecule has 0 spiro atoms. The van der Waals surface area contributed by atoms with Crippen LogP contribution in [-0.4, -0.2) is 30.6 Å². The van der Waals surface area contributed by atoms with Crippen LogP contribution >= 0.6 is 0 Å². The van der Waals surface area contributed by atoms with Crippen LogP contribution < -0.4 is 0 Å². The predicted octanol–water partition coefficient (Wildman–Crippen LogP) is 0.508. The summed E-state index contributed by atoms with van der Waals surface area (Å²) in [6, 6.07) is 0. The number of carboxylic acids is 1. The normalized spacial score (nSPS) is 10.4. The van der Waals surface area contributed by atoms with E-state index in [0.29, 0.717) is 5.82 Å². The molecule has 0 radical (unpaired) electrons. The summed E-state index contributed by atoms with van der Waals surface area (Å²) in [7, 11) is 1.81. The largest absolute Gasteiger partial charge is 0.477 e. The molecule has 0 fully saturated rings. The van der Waals surface area contributed by atoms with Crippen LogP contribution in [0.5, 0.6) is 0 Å². The lowest BCUT2D eigenvalue weighted by Crippen LogP contribution is -1.96. The van der Waals surface area contributed by atoms with E-state index in [1.54, 1.807) is 17.1 Å². The van der Waals surface area contributed by atoms with Crippen LogP contribution in [0.25, 0.3) is 11.5 Å². The van der Waals surface area contributed by atoms with Crippen molar-refractivity contribution in [1.29, 1.82) is 0 Å². The van der Waals surface area contributed by atoms with E-state index in [-0.39, 0.29) is 5.69 Å². The van der Waals surface area contributed by atoms with Crippen molar-refractivity contribution in [3.05, 3.63) is 24.4 Å². The quantitative estimate of drug-likeness (QED) is 0.726. The van der Waals surface area contributed by atoms with E-state index in [2.05, 4.69) is 15.0 Å². The third-order valence-corrected chi connectivity index (χ3v) is 1.87. The van der Waals surface area contributed by atoms with E-state index in [1.165, 1.54) is 6.20 Å². The molecule has 2 rings (SSSR count). The Hall–Kier alpha value is -2.11. The first kappa shape index (κ1) is 8.49. The number of carboxylic acid groups (broad SMARTS) is 1. The maximum absolute atomic E-state index is 10.6. The van der Waals surface area contributed by atoms with Crippen LogP contribution in [-0.2, 0) is 7.05 Å². The van der Waals surface area contributed by atoms with Gasteiger partial charge in [-0.25, -0.2) is 14.8 Å². The molecule has 2 heterocycles. The van der Waals surface area contributed by atoms with Crippen LogP contribution in [0.15, 0.2) is 18.7 Å². The summed E-state index contributed by atoms with van der Waals surface area (Å²) in [6.07, 6.45) is 4.52. The maximum atomic E-state index is 10.6. The molecular formula is C8H8N4O2. The molecule has 0 aliphatic heterocycles. The molecule has 0 atom stereocenters. The Kier molecular flexibility index (Phi) is 1.81. The highest BCUT2D eigenvalue weighted by atomic mass is 16.4. The number of rotatable bonds is 2. The van der Waals surface area contributed by atoms with E-state index in [1.807, 2.05) is 7.05 Å². The summed E-state index contributed by atoms with van der Waals surface area (Å²) in [5, 5.41) is 8.67. The summed E-state index contributed by atoms with van der Waals surface area (Å²) in [5.41, 5.74) is 0.818. The van der Waals surface area contributed by atoms with Crippen LogP contribution in [0.1, 0.15) is 10.5 Å². The first-order valence-electron chi connectivity index (χ1n) is 3.93. The van der Waals surface area contributed by atoms with Gasteiger partial charge in [-0.3, -0.25) is 0 Å². The number of nitrogens with zero attached hydrogens (tertiary/aromatic N) is 3. The lowest BCUT2D eigenvalue weighted by atomic mass is 10.4. The molecule has 0 aromatic carbocycles. The Morgan fingerprint density at radius 2 is 2.36 bits per heavy atom. The van der Waals surface area contributed by atoms with Crippen LogP contribution in [0, 0.1) is 0 Å². The second kappa shape index (κ2) is 2.99. The number of aromatic nitrogens is 4. The number of hydrogen-bond donors (Lipinski definition) is 2. The fourth-order valence-corrected chi connectivity index (χ4v) is 1.15. The van der Waals surface area contributed by atoms with Crippen LogP contribution in [0.4, 0.5) is 0 Å². The molecule has 2 aromatic rings. The summed E-state index contributed by atoms with van der Waals surface area (Å²) in [6.45, 7) is 0. The molecule has 6 heteroatoms. The molecule has 0 aliphatic rings.